The molecule has 0 bridgehead atoms. The summed E-state index contributed by atoms with van der Waals surface area (Å²) in [6.07, 6.45) is 0.127. The topological polar surface area (TPSA) is 100 Å². The zero-order valence-electron chi connectivity index (χ0n) is 14.6. The molecule has 1 amide bonds. The van der Waals surface area contributed by atoms with Gasteiger partial charge in [-0.25, -0.2) is 13.4 Å². The molecule has 144 valence electrons. The summed E-state index contributed by atoms with van der Waals surface area (Å²) in [6, 6.07) is 9.74. The van der Waals surface area contributed by atoms with Gasteiger partial charge in [0.2, 0.25) is 5.91 Å². The van der Waals surface area contributed by atoms with Crippen LogP contribution in [-0.2, 0) is 21.2 Å². The molecule has 0 fully saturated rings. The van der Waals surface area contributed by atoms with E-state index in [1.54, 1.807) is 18.2 Å². The quantitative estimate of drug-likeness (QED) is 0.560. The van der Waals surface area contributed by atoms with E-state index in [1.807, 2.05) is 18.4 Å². The molecule has 1 aliphatic rings. The first kappa shape index (κ1) is 18.7. The van der Waals surface area contributed by atoms with Crippen LogP contribution >= 0.6 is 22.9 Å². The number of aryl methyl sites for hydroxylation is 1. The molecule has 3 N–H and O–H groups in total. The molecule has 0 saturated heterocycles. The van der Waals surface area contributed by atoms with Crippen LogP contribution < -0.4 is 15.4 Å². The molecule has 2 heterocycles. The van der Waals surface area contributed by atoms with E-state index in [2.05, 4.69) is 20.3 Å². The van der Waals surface area contributed by atoms with Crippen molar-refractivity contribution >= 4 is 61.1 Å². The normalized spacial score (nSPS) is 13.1. The van der Waals surface area contributed by atoms with E-state index < -0.39 is 10.0 Å². The Morgan fingerprint density at radius 1 is 1.21 bits per heavy atom. The first-order valence-corrected chi connectivity index (χ1v) is 11.0. The number of hydrogen-bond donors (Lipinski definition) is 3. The monoisotopic (exact) mass is 434 g/mol. The lowest BCUT2D eigenvalue weighted by atomic mass is 10.2. The van der Waals surface area contributed by atoms with Crippen LogP contribution in [0.2, 0.25) is 5.02 Å². The highest BCUT2D eigenvalue weighted by Gasteiger charge is 2.25. The van der Waals surface area contributed by atoms with Gasteiger partial charge in [-0.3, -0.25) is 9.52 Å². The van der Waals surface area contributed by atoms with E-state index in [9.17, 15) is 13.2 Å². The first-order valence-electron chi connectivity index (χ1n) is 8.24. The van der Waals surface area contributed by atoms with E-state index in [-0.39, 0.29) is 22.2 Å². The number of nitrogens with one attached hydrogen (secondary N) is 3. The predicted octanol–water partition coefficient (Wildman–Crippen LogP) is 4.14. The average Bonchev–Trinajstić information content (AvgIpc) is 3.18. The maximum Gasteiger partial charge on any atom is 0.263 e. The number of carbonyl (C=O) groups is 1. The largest absolute Gasteiger partial charge is 0.331 e. The first-order chi connectivity index (χ1) is 13.3. The molecule has 4 rings (SSSR count). The van der Waals surface area contributed by atoms with Gasteiger partial charge in [0.25, 0.3) is 10.0 Å². The van der Waals surface area contributed by atoms with Crippen LogP contribution in [0.1, 0.15) is 11.3 Å². The zero-order chi connectivity index (χ0) is 19.9. The molecule has 0 unspecified atom stereocenters. The molecule has 7 nitrogen and oxygen atoms in total. The molecule has 1 aliphatic heterocycles. The van der Waals surface area contributed by atoms with Crippen LogP contribution in [0.4, 0.5) is 22.2 Å². The van der Waals surface area contributed by atoms with Gasteiger partial charge >= 0.3 is 0 Å². The van der Waals surface area contributed by atoms with Crippen molar-refractivity contribution in [3.8, 4) is 0 Å². The number of carbonyl (C=O) groups excluding carboxylic acids is 1. The van der Waals surface area contributed by atoms with Gasteiger partial charge in [0.1, 0.15) is 4.90 Å². The molecular weight excluding hydrogens is 420 g/mol. The Morgan fingerprint density at radius 2 is 2.00 bits per heavy atom. The van der Waals surface area contributed by atoms with Crippen molar-refractivity contribution in [2.75, 3.05) is 15.4 Å². The summed E-state index contributed by atoms with van der Waals surface area (Å²) >= 11 is 7.62. The number of amides is 1. The SMILES string of the molecule is Cc1csc(Nc2cccc(NS(=O)(=O)c3cc4c(cc3Cl)NC(=O)C4)c2)n1. The summed E-state index contributed by atoms with van der Waals surface area (Å²) in [6.45, 7) is 1.90. The molecule has 3 aromatic rings. The van der Waals surface area contributed by atoms with Gasteiger partial charge in [-0.2, -0.15) is 0 Å². The summed E-state index contributed by atoms with van der Waals surface area (Å²) in [5.74, 6) is -0.190. The number of aromatic nitrogens is 1. The van der Waals surface area contributed by atoms with E-state index in [1.165, 1.54) is 23.5 Å². The van der Waals surface area contributed by atoms with Gasteiger partial charge in [0.05, 0.1) is 22.8 Å². The number of nitrogens with zero attached hydrogens (tertiary/aromatic N) is 1. The second-order valence-electron chi connectivity index (χ2n) is 6.27. The van der Waals surface area contributed by atoms with Crippen molar-refractivity contribution in [3.63, 3.8) is 0 Å². The third-order valence-corrected chi connectivity index (χ3v) is 6.78. The fourth-order valence-corrected chi connectivity index (χ4v) is 5.17. The Hall–Kier alpha value is -2.62. The maximum atomic E-state index is 12.8. The minimum Gasteiger partial charge on any atom is -0.331 e. The van der Waals surface area contributed by atoms with Crippen molar-refractivity contribution in [3.05, 3.63) is 58.1 Å². The number of sulfonamides is 1. The van der Waals surface area contributed by atoms with Crippen LogP contribution in [0, 0.1) is 6.92 Å². The highest BCUT2D eigenvalue weighted by atomic mass is 35.5. The Morgan fingerprint density at radius 3 is 2.75 bits per heavy atom. The van der Waals surface area contributed by atoms with Gasteiger partial charge in [-0.15, -0.1) is 11.3 Å². The molecule has 28 heavy (non-hydrogen) atoms. The van der Waals surface area contributed by atoms with Crippen molar-refractivity contribution in [1.82, 2.24) is 4.98 Å². The second kappa shape index (κ2) is 7.08. The van der Waals surface area contributed by atoms with Crippen LogP contribution in [0.3, 0.4) is 0 Å². The van der Waals surface area contributed by atoms with Crippen molar-refractivity contribution in [2.45, 2.75) is 18.2 Å². The molecule has 1 aromatic heterocycles. The van der Waals surface area contributed by atoms with Crippen LogP contribution in [0.15, 0.2) is 46.7 Å². The minimum atomic E-state index is -3.93. The Bertz CT molecular complexity index is 1190. The number of halogens is 1. The second-order valence-corrected chi connectivity index (χ2v) is 9.19. The molecule has 0 atom stereocenters. The highest BCUT2D eigenvalue weighted by molar-refractivity contribution is 7.92. The Kier molecular flexibility index (Phi) is 4.74. The van der Waals surface area contributed by atoms with Gasteiger partial charge in [-0.05, 0) is 42.8 Å². The molecule has 0 aliphatic carbocycles. The Balaban J connectivity index is 1.59. The van der Waals surface area contributed by atoms with Gasteiger partial charge in [0, 0.05) is 16.8 Å². The third kappa shape index (κ3) is 3.82. The number of fused-ring (bicyclic) bond motifs is 1. The maximum absolute atomic E-state index is 12.8. The van der Waals surface area contributed by atoms with Crippen LogP contribution in [0.5, 0.6) is 0 Å². The van der Waals surface area contributed by atoms with Crippen LogP contribution in [-0.4, -0.2) is 19.3 Å². The van der Waals surface area contributed by atoms with E-state index in [4.69, 9.17) is 11.6 Å². The summed E-state index contributed by atoms with van der Waals surface area (Å²) in [7, 11) is -3.93. The Labute approximate surface area is 170 Å². The molecule has 0 radical (unpaired) electrons. The van der Waals surface area contributed by atoms with E-state index >= 15 is 0 Å². The smallest absolute Gasteiger partial charge is 0.263 e. The number of rotatable bonds is 5. The molecule has 0 spiro atoms. The van der Waals surface area contributed by atoms with Crippen LogP contribution in [0.25, 0.3) is 0 Å². The highest BCUT2D eigenvalue weighted by Crippen LogP contribution is 2.33. The molecule has 0 saturated carbocycles. The van der Waals surface area contributed by atoms with Gasteiger partial charge < -0.3 is 10.6 Å². The lowest BCUT2D eigenvalue weighted by Gasteiger charge is -2.12. The zero-order valence-corrected chi connectivity index (χ0v) is 17.0. The fraction of sp³-hybridized carbons (Fsp3) is 0.111. The van der Waals surface area contributed by atoms with Crippen molar-refractivity contribution < 1.29 is 13.2 Å². The van der Waals surface area contributed by atoms with Gasteiger partial charge in [0.15, 0.2) is 5.13 Å². The summed E-state index contributed by atoms with van der Waals surface area (Å²) < 4.78 is 28.2. The number of benzene rings is 2. The number of anilines is 4. The lowest BCUT2D eigenvalue weighted by Crippen LogP contribution is -2.14. The third-order valence-electron chi connectivity index (χ3n) is 4.06. The number of hydrogen-bond acceptors (Lipinski definition) is 6. The summed E-state index contributed by atoms with van der Waals surface area (Å²) in [5, 5.41) is 8.47. The standard InChI is InChI=1S/C18H15ClN4O3S2/c1-10-9-27-18(20-10)21-12-3-2-4-13(7-12)23-28(25,26)16-5-11-6-17(24)22-15(11)8-14(16)19/h2-5,7-9,23H,6H2,1H3,(H,20,21)(H,22,24). The summed E-state index contributed by atoms with van der Waals surface area (Å²) in [5.41, 5.74) is 3.13. The predicted molar refractivity (Wildman–Crippen MR) is 111 cm³/mol. The fourth-order valence-electron chi connectivity index (χ4n) is 2.84. The van der Waals surface area contributed by atoms with E-state index in [0.717, 1.165) is 10.8 Å². The average molecular weight is 435 g/mol. The minimum absolute atomic E-state index is 0.0426. The molecular formula is C18H15ClN4O3S2. The van der Waals surface area contributed by atoms with Gasteiger partial charge in [-0.1, -0.05) is 17.7 Å². The summed E-state index contributed by atoms with van der Waals surface area (Å²) in [4.78, 5) is 15.8. The van der Waals surface area contributed by atoms with Crippen molar-refractivity contribution in [1.29, 1.82) is 0 Å². The van der Waals surface area contributed by atoms with Crippen molar-refractivity contribution in [2.24, 2.45) is 0 Å². The van der Waals surface area contributed by atoms with E-state index in [0.29, 0.717) is 22.6 Å². The molecule has 10 heteroatoms. The lowest BCUT2D eigenvalue weighted by molar-refractivity contribution is -0.115. The molecule has 2 aromatic carbocycles. The number of thiazole rings is 1.